The van der Waals surface area contributed by atoms with Crippen molar-refractivity contribution in [2.24, 2.45) is 5.92 Å². The molecular formula is C18H28N2O. The number of carbonyl (C=O) groups is 1. The fraction of sp³-hybridized carbons (Fsp3) is 0.611. The molecule has 116 valence electrons. The van der Waals surface area contributed by atoms with E-state index in [1.807, 2.05) is 17.0 Å². The fourth-order valence-corrected chi connectivity index (χ4v) is 2.99. The Kier molecular flexibility index (Phi) is 5.80. The van der Waals surface area contributed by atoms with Crippen LogP contribution in [-0.2, 0) is 0 Å². The quantitative estimate of drug-likeness (QED) is 0.902. The van der Waals surface area contributed by atoms with Gasteiger partial charge >= 0.3 is 0 Å². The highest BCUT2D eigenvalue weighted by molar-refractivity contribution is 5.94. The molecule has 0 saturated carbocycles. The van der Waals surface area contributed by atoms with Crippen molar-refractivity contribution in [1.29, 1.82) is 0 Å². The third kappa shape index (κ3) is 4.31. The Morgan fingerprint density at radius 1 is 1.33 bits per heavy atom. The van der Waals surface area contributed by atoms with E-state index >= 15 is 0 Å². The van der Waals surface area contributed by atoms with E-state index in [-0.39, 0.29) is 5.91 Å². The molecule has 0 bridgehead atoms. The maximum absolute atomic E-state index is 12.8. The van der Waals surface area contributed by atoms with Crippen molar-refractivity contribution in [2.75, 3.05) is 26.2 Å². The molecule has 3 heteroatoms. The topological polar surface area (TPSA) is 32.3 Å². The van der Waals surface area contributed by atoms with Crippen LogP contribution in [-0.4, -0.2) is 37.0 Å². The number of piperidine rings is 1. The van der Waals surface area contributed by atoms with Crippen LogP contribution in [0.3, 0.4) is 0 Å². The first-order valence-corrected chi connectivity index (χ1v) is 8.19. The number of nitrogens with zero attached hydrogens (tertiary/aromatic N) is 1. The summed E-state index contributed by atoms with van der Waals surface area (Å²) in [6.45, 7) is 10.2. The predicted octanol–water partition coefficient (Wildman–Crippen LogP) is 3.16. The summed E-state index contributed by atoms with van der Waals surface area (Å²) in [6.07, 6.45) is 3.46. The third-order valence-corrected chi connectivity index (χ3v) is 4.41. The number of nitrogens with one attached hydrogen (secondary N) is 1. The number of benzene rings is 1. The molecule has 1 aromatic carbocycles. The van der Waals surface area contributed by atoms with Gasteiger partial charge in [0.15, 0.2) is 0 Å². The average Bonchev–Trinajstić information content (AvgIpc) is 2.50. The first-order chi connectivity index (χ1) is 10.1. The minimum absolute atomic E-state index is 0.186. The summed E-state index contributed by atoms with van der Waals surface area (Å²) < 4.78 is 0. The summed E-state index contributed by atoms with van der Waals surface area (Å²) in [5.74, 6) is 0.784. The molecule has 1 atom stereocenters. The Morgan fingerprint density at radius 3 is 2.76 bits per heavy atom. The molecule has 2 rings (SSSR count). The van der Waals surface area contributed by atoms with Crippen molar-refractivity contribution < 1.29 is 4.79 Å². The van der Waals surface area contributed by atoms with Gasteiger partial charge in [-0.25, -0.2) is 0 Å². The summed E-state index contributed by atoms with van der Waals surface area (Å²) in [7, 11) is 0. The number of carbonyl (C=O) groups excluding carboxylic acids is 1. The van der Waals surface area contributed by atoms with E-state index in [2.05, 4.69) is 32.2 Å². The van der Waals surface area contributed by atoms with Crippen LogP contribution >= 0.6 is 0 Å². The normalized spacial score (nSPS) is 18.5. The van der Waals surface area contributed by atoms with Crippen LogP contribution in [0, 0.1) is 19.8 Å². The smallest absolute Gasteiger partial charge is 0.253 e. The minimum atomic E-state index is 0.186. The maximum atomic E-state index is 12.8. The predicted molar refractivity (Wildman–Crippen MR) is 87.7 cm³/mol. The third-order valence-electron chi connectivity index (χ3n) is 4.41. The Balaban J connectivity index is 2.08. The van der Waals surface area contributed by atoms with E-state index in [1.54, 1.807) is 0 Å². The SMILES string of the molecule is CCCN(CC1CCCNC1)C(=O)c1ccc(C)c(C)c1. The molecule has 1 fully saturated rings. The van der Waals surface area contributed by atoms with Crippen molar-refractivity contribution in [1.82, 2.24) is 10.2 Å². The second-order valence-corrected chi connectivity index (χ2v) is 6.26. The molecule has 1 amide bonds. The van der Waals surface area contributed by atoms with Crippen molar-refractivity contribution in [2.45, 2.75) is 40.0 Å². The van der Waals surface area contributed by atoms with Crippen LogP contribution in [0.25, 0.3) is 0 Å². The molecule has 1 N–H and O–H groups in total. The monoisotopic (exact) mass is 288 g/mol. The van der Waals surface area contributed by atoms with E-state index in [0.717, 1.165) is 38.2 Å². The number of hydrogen-bond donors (Lipinski definition) is 1. The van der Waals surface area contributed by atoms with Crippen LogP contribution in [0.5, 0.6) is 0 Å². The second kappa shape index (κ2) is 7.60. The summed E-state index contributed by atoms with van der Waals surface area (Å²) in [5.41, 5.74) is 3.26. The standard InChI is InChI=1S/C18H28N2O/c1-4-10-20(13-16-6-5-9-19-12-16)18(21)17-8-7-14(2)15(3)11-17/h7-8,11,16,19H,4-6,9-10,12-13H2,1-3H3. The molecule has 1 aliphatic rings. The highest BCUT2D eigenvalue weighted by atomic mass is 16.2. The number of aryl methyl sites for hydroxylation is 2. The van der Waals surface area contributed by atoms with Crippen LogP contribution in [0.1, 0.15) is 47.7 Å². The van der Waals surface area contributed by atoms with Crippen LogP contribution in [0.15, 0.2) is 18.2 Å². The van der Waals surface area contributed by atoms with Crippen molar-refractivity contribution in [3.05, 3.63) is 34.9 Å². The summed E-state index contributed by atoms with van der Waals surface area (Å²) >= 11 is 0. The van der Waals surface area contributed by atoms with Crippen LogP contribution < -0.4 is 5.32 Å². The van der Waals surface area contributed by atoms with Gasteiger partial charge in [0.05, 0.1) is 0 Å². The molecule has 3 nitrogen and oxygen atoms in total. The lowest BCUT2D eigenvalue weighted by atomic mass is 9.98. The first-order valence-electron chi connectivity index (χ1n) is 8.19. The van der Waals surface area contributed by atoms with Gasteiger partial charge in [-0.05, 0) is 75.4 Å². The number of rotatable bonds is 5. The van der Waals surface area contributed by atoms with Crippen LogP contribution in [0.4, 0.5) is 0 Å². The Morgan fingerprint density at radius 2 is 2.14 bits per heavy atom. The molecule has 0 aromatic heterocycles. The zero-order chi connectivity index (χ0) is 15.2. The lowest BCUT2D eigenvalue weighted by Crippen LogP contribution is -2.41. The Hall–Kier alpha value is -1.35. The molecule has 1 aliphatic heterocycles. The largest absolute Gasteiger partial charge is 0.338 e. The Labute approximate surface area is 128 Å². The lowest BCUT2D eigenvalue weighted by Gasteiger charge is -2.30. The van der Waals surface area contributed by atoms with Gasteiger partial charge in [0.25, 0.3) is 5.91 Å². The van der Waals surface area contributed by atoms with Gasteiger partial charge < -0.3 is 10.2 Å². The highest BCUT2D eigenvalue weighted by Crippen LogP contribution is 2.16. The molecule has 1 saturated heterocycles. The molecular weight excluding hydrogens is 260 g/mol. The van der Waals surface area contributed by atoms with E-state index < -0.39 is 0 Å². The summed E-state index contributed by atoms with van der Waals surface area (Å²) in [6, 6.07) is 6.04. The van der Waals surface area contributed by atoms with Crippen molar-refractivity contribution in [3.63, 3.8) is 0 Å². The molecule has 0 spiro atoms. The summed E-state index contributed by atoms with van der Waals surface area (Å²) in [4.78, 5) is 14.8. The number of hydrogen-bond acceptors (Lipinski definition) is 2. The average molecular weight is 288 g/mol. The van der Waals surface area contributed by atoms with E-state index in [1.165, 1.54) is 24.0 Å². The molecule has 1 heterocycles. The van der Waals surface area contributed by atoms with Gasteiger partial charge in [-0.15, -0.1) is 0 Å². The van der Waals surface area contributed by atoms with Gasteiger partial charge in [0.1, 0.15) is 0 Å². The molecule has 1 aromatic rings. The second-order valence-electron chi connectivity index (χ2n) is 6.26. The van der Waals surface area contributed by atoms with E-state index in [9.17, 15) is 4.79 Å². The fourth-order valence-electron chi connectivity index (χ4n) is 2.99. The highest BCUT2D eigenvalue weighted by Gasteiger charge is 2.21. The van der Waals surface area contributed by atoms with Gasteiger partial charge in [-0.3, -0.25) is 4.79 Å². The zero-order valence-electron chi connectivity index (χ0n) is 13.6. The van der Waals surface area contributed by atoms with Crippen molar-refractivity contribution in [3.8, 4) is 0 Å². The first kappa shape index (κ1) is 16.0. The molecule has 0 radical (unpaired) electrons. The molecule has 21 heavy (non-hydrogen) atoms. The number of amides is 1. The Bertz CT molecular complexity index is 478. The van der Waals surface area contributed by atoms with Crippen molar-refractivity contribution >= 4 is 5.91 Å². The summed E-state index contributed by atoms with van der Waals surface area (Å²) in [5, 5.41) is 3.44. The van der Waals surface area contributed by atoms with Gasteiger partial charge in [-0.2, -0.15) is 0 Å². The van der Waals surface area contributed by atoms with Gasteiger partial charge in [-0.1, -0.05) is 13.0 Å². The zero-order valence-corrected chi connectivity index (χ0v) is 13.6. The van der Waals surface area contributed by atoms with Gasteiger partial charge in [0, 0.05) is 18.7 Å². The molecule has 1 unspecified atom stereocenters. The van der Waals surface area contributed by atoms with E-state index in [0.29, 0.717) is 5.92 Å². The lowest BCUT2D eigenvalue weighted by molar-refractivity contribution is 0.0718. The minimum Gasteiger partial charge on any atom is -0.338 e. The molecule has 0 aliphatic carbocycles. The van der Waals surface area contributed by atoms with Crippen LogP contribution in [0.2, 0.25) is 0 Å². The maximum Gasteiger partial charge on any atom is 0.253 e. The van der Waals surface area contributed by atoms with E-state index in [4.69, 9.17) is 0 Å². The van der Waals surface area contributed by atoms with Gasteiger partial charge in [0.2, 0.25) is 0 Å².